The summed E-state index contributed by atoms with van der Waals surface area (Å²) in [6.07, 6.45) is 4.91. The monoisotopic (exact) mass is 354 g/mol. The number of amides is 3. The molecule has 0 bridgehead atoms. The van der Waals surface area contributed by atoms with Gasteiger partial charge in [-0.1, -0.05) is 6.92 Å². The van der Waals surface area contributed by atoms with Crippen LogP contribution in [0.4, 0.5) is 16.3 Å². The maximum Gasteiger partial charge on any atom is 0.319 e. The van der Waals surface area contributed by atoms with Crippen molar-refractivity contribution in [1.29, 1.82) is 0 Å². The molecule has 1 saturated carbocycles. The lowest BCUT2D eigenvalue weighted by molar-refractivity contribution is -0.116. The Kier molecular flexibility index (Phi) is 5.68. The van der Waals surface area contributed by atoms with E-state index in [2.05, 4.69) is 20.9 Å². The number of carbonyl (C=O) groups is 2. The highest BCUT2D eigenvalue weighted by atomic mass is 16.5. The number of carbonyl (C=O) groups excluding carboxylic acids is 2. The van der Waals surface area contributed by atoms with Crippen molar-refractivity contribution < 1.29 is 14.3 Å². The van der Waals surface area contributed by atoms with E-state index in [9.17, 15) is 9.59 Å². The molecule has 1 aromatic heterocycles. The van der Waals surface area contributed by atoms with Crippen molar-refractivity contribution in [3.05, 3.63) is 42.6 Å². The highest BCUT2D eigenvalue weighted by Gasteiger charge is 2.23. The number of rotatable bonds is 7. The van der Waals surface area contributed by atoms with E-state index in [-0.39, 0.29) is 11.9 Å². The molecule has 3 rings (SSSR count). The Hall–Kier alpha value is -3.09. The summed E-state index contributed by atoms with van der Waals surface area (Å²) in [4.78, 5) is 27.5. The fraction of sp³-hybridized carbons (Fsp3) is 0.316. The molecule has 3 N–H and O–H groups in total. The summed E-state index contributed by atoms with van der Waals surface area (Å²) >= 11 is 0. The highest BCUT2D eigenvalue weighted by molar-refractivity contribution is 5.90. The first-order chi connectivity index (χ1) is 12.6. The number of urea groups is 1. The molecular weight excluding hydrogens is 332 g/mol. The third-order valence-corrected chi connectivity index (χ3v) is 3.74. The molecule has 1 heterocycles. The van der Waals surface area contributed by atoms with Gasteiger partial charge in [-0.2, -0.15) is 0 Å². The lowest BCUT2D eigenvalue weighted by Crippen LogP contribution is -2.30. The molecule has 7 nitrogen and oxygen atoms in total. The van der Waals surface area contributed by atoms with Gasteiger partial charge in [0.1, 0.15) is 17.3 Å². The van der Waals surface area contributed by atoms with Gasteiger partial charge in [0, 0.05) is 30.4 Å². The van der Waals surface area contributed by atoms with E-state index >= 15 is 0 Å². The van der Waals surface area contributed by atoms with Gasteiger partial charge >= 0.3 is 6.03 Å². The number of hydrogen-bond acceptors (Lipinski definition) is 4. The number of hydrogen-bond donors (Lipinski definition) is 3. The minimum Gasteiger partial charge on any atom is -0.457 e. The minimum absolute atomic E-state index is 0.0722. The molecule has 1 aromatic carbocycles. The first-order valence-electron chi connectivity index (χ1n) is 8.73. The highest BCUT2D eigenvalue weighted by Crippen LogP contribution is 2.24. The molecular formula is C19H22N4O3. The first-order valence-corrected chi connectivity index (χ1v) is 8.73. The number of ether oxygens (including phenoxy) is 1. The van der Waals surface area contributed by atoms with E-state index in [1.807, 2.05) is 6.92 Å². The average molecular weight is 354 g/mol. The van der Waals surface area contributed by atoms with Crippen LogP contribution >= 0.6 is 0 Å². The van der Waals surface area contributed by atoms with E-state index in [0.29, 0.717) is 35.5 Å². The smallest absolute Gasteiger partial charge is 0.319 e. The minimum atomic E-state index is -0.192. The maximum atomic E-state index is 11.7. The van der Waals surface area contributed by atoms with Crippen LogP contribution in [0.1, 0.15) is 32.6 Å². The summed E-state index contributed by atoms with van der Waals surface area (Å²) in [5.74, 6) is 1.57. The van der Waals surface area contributed by atoms with Gasteiger partial charge in [0.25, 0.3) is 0 Å². The standard InChI is InChI=1S/C19H22N4O3/c1-2-3-18(24)23-17-12-16(10-11-20-17)26-15-8-6-14(7-9-15)22-19(25)21-13-4-5-13/h6-13H,2-5H2,1H3,(H,20,23,24)(H2,21,22,25). The number of anilines is 2. The quantitative estimate of drug-likeness (QED) is 0.703. The fourth-order valence-electron chi connectivity index (χ4n) is 2.30. The molecule has 1 aliphatic carbocycles. The van der Waals surface area contributed by atoms with Crippen LogP contribution in [-0.2, 0) is 4.79 Å². The van der Waals surface area contributed by atoms with Crippen molar-refractivity contribution in [2.45, 2.75) is 38.6 Å². The van der Waals surface area contributed by atoms with Crippen molar-refractivity contribution >= 4 is 23.4 Å². The summed E-state index contributed by atoms with van der Waals surface area (Å²) in [6.45, 7) is 1.95. The van der Waals surface area contributed by atoms with Gasteiger partial charge in [0.15, 0.2) is 0 Å². The molecule has 0 saturated heterocycles. The van der Waals surface area contributed by atoms with E-state index in [0.717, 1.165) is 19.3 Å². The number of nitrogens with zero attached hydrogens (tertiary/aromatic N) is 1. The first kappa shape index (κ1) is 17.7. The predicted octanol–water partition coefficient (Wildman–Crippen LogP) is 3.90. The number of pyridine rings is 1. The van der Waals surface area contributed by atoms with E-state index < -0.39 is 0 Å². The van der Waals surface area contributed by atoms with Crippen molar-refractivity contribution in [2.75, 3.05) is 10.6 Å². The molecule has 0 spiro atoms. The molecule has 0 unspecified atom stereocenters. The van der Waals surface area contributed by atoms with E-state index in [1.165, 1.54) is 0 Å². The van der Waals surface area contributed by atoms with Gasteiger partial charge in [-0.3, -0.25) is 4.79 Å². The number of nitrogens with one attached hydrogen (secondary N) is 3. The SMILES string of the molecule is CCCC(=O)Nc1cc(Oc2ccc(NC(=O)NC3CC3)cc2)ccn1. The van der Waals surface area contributed by atoms with Crippen molar-refractivity contribution in [3.8, 4) is 11.5 Å². The van der Waals surface area contributed by atoms with Gasteiger partial charge in [0.2, 0.25) is 5.91 Å². The van der Waals surface area contributed by atoms with Crippen LogP contribution in [0.2, 0.25) is 0 Å². The van der Waals surface area contributed by atoms with Gasteiger partial charge < -0.3 is 20.7 Å². The largest absolute Gasteiger partial charge is 0.457 e. The second-order valence-electron chi connectivity index (χ2n) is 6.17. The molecule has 1 fully saturated rings. The third kappa shape index (κ3) is 5.47. The molecule has 136 valence electrons. The van der Waals surface area contributed by atoms with Gasteiger partial charge in [-0.15, -0.1) is 0 Å². The molecule has 0 radical (unpaired) electrons. The van der Waals surface area contributed by atoms with Gasteiger partial charge in [-0.25, -0.2) is 9.78 Å². The van der Waals surface area contributed by atoms with Crippen LogP contribution < -0.4 is 20.7 Å². The van der Waals surface area contributed by atoms with Crippen LogP contribution in [0.3, 0.4) is 0 Å². The molecule has 0 aliphatic heterocycles. The zero-order valence-electron chi connectivity index (χ0n) is 14.6. The Balaban J connectivity index is 1.56. The molecule has 2 aromatic rings. The Bertz CT molecular complexity index is 773. The zero-order valence-corrected chi connectivity index (χ0v) is 14.6. The van der Waals surface area contributed by atoms with Gasteiger partial charge in [0.05, 0.1) is 0 Å². The topological polar surface area (TPSA) is 92.4 Å². The second kappa shape index (κ2) is 8.33. The molecule has 3 amide bonds. The Morgan fingerprint density at radius 1 is 1.12 bits per heavy atom. The average Bonchev–Trinajstić information content (AvgIpc) is 3.41. The molecule has 7 heteroatoms. The summed E-state index contributed by atoms with van der Waals surface area (Å²) in [5, 5.41) is 8.38. The van der Waals surface area contributed by atoms with E-state index in [1.54, 1.807) is 42.6 Å². The Morgan fingerprint density at radius 3 is 2.58 bits per heavy atom. The lowest BCUT2D eigenvalue weighted by Gasteiger charge is -2.10. The van der Waals surface area contributed by atoms with Crippen molar-refractivity contribution in [1.82, 2.24) is 10.3 Å². The van der Waals surface area contributed by atoms with Crippen LogP contribution in [-0.4, -0.2) is 23.0 Å². The summed E-state index contributed by atoms with van der Waals surface area (Å²) < 4.78 is 5.78. The molecule has 1 aliphatic rings. The van der Waals surface area contributed by atoms with Crippen LogP contribution in [0.15, 0.2) is 42.6 Å². The van der Waals surface area contributed by atoms with E-state index in [4.69, 9.17) is 4.74 Å². The predicted molar refractivity (Wildman–Crippen MR) is 99.5 cm³/mol. The molecule has 26 heavy (non-hydrogen) atoms. The summed E-state index contributed by atoms with van der Waals surface area (Å²) in [6, 6.07) is 10.6. The second-order valence-corrected chi connectivity index (χ2v) is 6.17. The zero-order chi connectivity index (χ0) is 18.4. The number of aromatic nitrogens is 1. The van der Waals surface area contributed by atoms with Crippen LogP contribution in [0.5, 0.6) is 11.5 Å². The summed E-state index contributed by atoms with van der Waals surface area (Å²) in [7, 11) is 0. The van der Waals surface area contributed by atoms with Crippen molar-refractivity contribution in [2.24, 2.45) is 0 Å². The fourth-order valence-corrected chi connectivity index (χ4v) is 2.30. The third-order valence-electron chi connectivity index (χ3n) is 3.74. The Morgan fingerprint density at radius 2 is 1.88 bits per heavy atom. The summed E-state index contributed by atoms with van der Waals surface area (Å²) in [5.41, 5.74) is 0.692. The maximum absolute atomic E-state index is 11.7. The molecule has 0 atom stereocenters. The lowest BCUT2D eigenvalue weighted by atomic mass is 10.3. The van der Waals surface area contributed by atoms with Crippen molar-refractivity contribution in [3.63, 3.8) is 0 Å². The van der Waals surface area contributed by atoms with Crippen LogP contribution in [0.25, 0.3) is 0 Å². The van der Waals surface area contributed by atoms with Gasteiger partial charge in [-0.05, 0) is 49.6 Å². The Labute approximate surface area is 152 Å². The normalized spacial score (nSPS) is 13.0. The van der Waals surface area contributed by atoms with Crippen LogP contribution in [0, 0.1) is 0 Å². The number of benzene rings is 1.